The van der Waals surface area contributed by atoms with Crippen molar-refractivity contribution in [3.63, 3.8) is 0 Å². The molecule has 3 aromatic carbocycles. The van der Waals surface area contributed by atoms with Crippen molar-refractivity contribution in [2.24, 2.45) is 0 Å². The van der Waals surface area contributed by atoms with Crippen LogP contribution in [0.25, 0.3) is 0 Å². The van der Waals surface area contributed by atoms with E-state index in [2.05, 4.69) is 11.4 Å². The minimum absolute atomic E-state index is 0.138. The van der Waals surface area contributed by atoms with Crippen LogP contribution < -0.4 is 10.1 Å². The number of hydrogen-bond donors (Lipinski definition) is 1. The van der Waals surface area contributed by atoms with E-state index in [0.29, 0.717) is 23.5 Å². The van der Waals surface area contributed by atoms with Crippen LogP contribution in [0.1, 0.15) is 29.2 Å². The number of rotatable bonds is 6. The first-order chi connectivity index (χ1) is 15.0. The Hall–Kier alpha value is -4.11. The lowest BCUT2D eigenvalue weighted by atomic mass is 9.91. The maximum absolute atomic E-state index is 13.1. The molecule has 1 heterocycles. The molecule has 6 heteroatoms. The van der Waals surface area contributed by atoms with Gasteiger partial charge in [0.25, 0.3) is 5.91 Å². The third-order valence-corrected chi connectivity index (χ3v) is 5.35. The van der Waals surface area contributed by atoms with E-state index >= 15 is 0 Å². The minimum Gasteiger partial charge on any atom is -0.489 e. The molecule has 3 amide bonds. The highest BCUT2D eigenvalue weighted by molar-refractivity contribution is 6.07. The number of amides is 3. The summed E-state index contributed by atoms with van der Waals surface area (Å²) in [6.45, 7) is 2.25. The van der Waals surface area contributed by atoms with Gasteiger partial charge in [-0.1, -0.05) is 54.6 Å². The van der Waals surface area contributed by atoms with Crippen molar-refractivity contribution in [2.45, 2.75) is 25.6 Å². The van der Waals surface area contributed by atoms with Crippen LogP contribution in [0.5, 0.6) is 5.75 Å². The van der Waals surface area contributed by atoms with Gasteiger partial charge in [-0.2, -0.15) is 5.26 Å². The van der Waals surface area contributed by atoms with E-state index in [9.17, 15) is 9.59 Å². The van der Waals surface area contributed by atoms with Gasteiger partial charge in [-0.3, -0.25) is 9.69 Å². The molecular weight excluding hydrogens is 390 g/mol. The molecule has 0 radical (unpaired) electrons. The van der Waals surface area contributed by atoms with Crippen molar-refractivity contribution in [1.82, 2.24) is 10.2 Å². The summed E-state index contributed by atoms with van der Waals surface area (Å²) < 4.78 is 5.85. The zero-order valence-electron chi connectivity index (χ0n) is 17.0. The molecule has 31 heavy (non-hydrogen) atoms. The fourth-order valence-corrected chi connectivity index (χ4v) is 3.57. The van der Waals surface area contributed by atoms with Crippen LogP contribution in [-0.4, -0.2) is 16.8 Å². The summed E-state index contributed by atoms with van der Waals surface area (Å²) in [5.41, 5.74) is 1.80. The van der Waals surface area contributed by atoms with Gasteiger partial charge in [-0.05, 0) is 47.9 Å². The molecule has 1 unspecified atom stereocenters. The van der Waals surface area contributed by atoms with Crippen LogP contribution in [-0.2, 0) is 23.5 Å². The quantitative estimate of drug-likeness (QED) is 0.619. The molecule has 1 saturated heterocycles. The van der Waals surface area contributed by atoms with Gasteiger partial charge in [-0.15, -0.1) is 0 Å². The number of carbonyl (C=O) groups is 2. The maximum Gasteiger partial charge on any atom is 0.325 e. The van der Waals surface area contributed by atoms with Gasteiger partial charge < -0.3 is 10.1 Å². The van der Waals surface area contributed by atoms with Crippen LogP contribution >= 0.6 is 0 Å². The molecule has 0 saturated carbocycles. The molecule has 4 rings (SSSR count). The van der Waals surface area contributed by atoms with Crippen LogP contribution in [0.4, 0.5) is 4.79 Å². The lowest BCUT2D eigenvalue weighted by Crippen LogP contribution is -2.40. The normalized spacial score (nSPS) is 17.9. The number of ether oxygens (including phenoxy) is 1. The smallest absolute Gasteiger partial charge is 0.325 e. The average molecular weight is 411 g/mol. The Bertz CT molecular complexity index is 1150. The molecule has 1 fully saturated rings. The number of hydrogen-bond acceptors (Lipinski definition) is 4. The predicted molar refractivity (Wildman–Crippen MR) is 115 cm³/mol. The second-order valence-electron chi connectivity index (χ2n) is 7.56. The van der Waals surface area contributed by atoms with E-state index in [0.717, 1.165) is 11.1 Å². The van der Waals surface area contributed by atoms with Crippen LogP contribution in [0.15, 0.2) is 78.9 Å². The standard InChI is InChI=1S/C25H21N3O3/c1-25(21-12-10-18(15-26)11-13-21)23(29)28(24(30)27-25)16-20-8-5-9-22(14-20)31-17-19-6-3-2-4-7-19/h2-14H,16-17H2,1H3,(H,27,30). The van der Waals surface area contributed by atoms with Crippen molar-refractivity contribution in [3.8, 4) is 11.8 Å². The van der Waals surface area contributed by atoms with Crippen molar-refractivity contribution in [1.29, 1.82) is 5.26 Å². The largest absolute Gasteiger partial charge is 0.489 e. The monoisotopic (exact) mass is 411 g/mol. The lowest BCUT2D eigenvalue weighted by molar-refractivity contribution is -0.131. The molecule has 0 bridgehead atoms. The maximum atomic E-state index is 13.1. The zero-order valence-corrected chi connectivity index (χ0v) is 17.0. The molecule has 0 spiro atoms. The van der Waals surface area contributed by atoms with E-state index in [-0.39, 0.29) is 12.5 Å². The molecule has 0 aliphatic carbocycles. The Kier molecular flexibility index (Phi) is 5.42. The van der Waals surface area contributed by atoms with Gasteiger partial charge in [0.2, 0.25) is 0 Å². The molecule has 1 N–H and O–H groups in total. The summed E-state index contributed by atoms with van der Waals surface area (Å²) in [7, 11) is 0. The Morgan fingerprint density at radius 2 is 1.68 bits per heavy atom. The second-order valence-corrected chi connectivity index (χ2v) is 7.56. The summed E-state index contributed by atoms with van der Waals surface area (Å²) in [5.74, 6) is 0.334. The zero-order chi connectivity index (χ0) is 21.8. The van der Waals surface area contributed by atoms with Crippen molar-refractivity contribution in [3.05, 3.63) is 101 Å². The average Bonchev–Trinajstić information content (AvgIpc) is 3.02. The van der Waals surface area contributed by atoms with Gasteiger partial charge >= 0.3 is 6.03 Å². The van der Waals surface area contributed by atoms with Gasteiger partial charge in [0.1, 0.15) is 17.9 Å². The Balaban J connectivity index is 1.48. The molecule has 1 aliphatic heterocycles. The number of benzene rings is 3. The number of nitrogens with one attached hydrogen (secondary N) is 1. The fraction of sp³-hybridized carbons (Fsp3) is 0.160. The summed E-state index contributed by atoms with van der Waals surface area (Å²) >= 11 is 0. The van der Waals surface area contributed by atoms with E-state index in [1.807, 2.05) is 54.6 Å². The number of nitrogens with zero attached hydrogens (tertiary/aromatic N) is 2. The summed E-state index contributed by atoms with van der Waals surface area (Å²) in [6, 6.07) is 25.5. The third-order valence-electron chi connectivity index (χ3n) is 5.35. The Morgan fingerprint density at radius 3 is 2.39 bits per heavy atom. The highest BCUT2D eigenvalue weighted by atomic mass is 16.5. The molecule has 0 aromatic heterocycles. The highest BCUT2D eigenvalue weighted by Gasteiger charge is 2.48. The van der Waals surface area contributed by atoms with Gasteiger partial charge in [0.05, 0.1) is 18.2 Å². The van der Waals surface area contributed by atoms with Crippen LogP contribution in [0.3, 0.4) is 0 Å². The van der Waals surface area contributed by atoms with Crippen LogP contribution in [0.2, 0.25) is 0 Å². The van der Waals surface area contributed by atoms with Gasteiger partial charge in [0.15, 0.2) is 0 Å². The van der Waals surface area contributed by atoms with Gasteiger partial charge in [0, 0.05) is 0 Å². The molecular formula is C25H21N3O3. The van der Waals surface area contributed by atoms with Crippen molar-refractivity contribution < 1.29 is 14.3 Å². The first-order valence-corrected chi connectivity index (χ1v) is 9.90. The van der Waals surface area contributed by atoms with Gasteiger partial charge in [-0.25, -0.2) is 4.79 Å². The predicted octanol–water partition coefficient (Wildman–Crippen LogP) is 4.10. The summed E-state index contributed by atoms with van der Waals surface area (Å²) in [6.07, 6.45) is 0. The molecule has 1 aliphatic rings. The Morgan fingerprint density at radius 1 is 0.968 bits per heavy atom. The molecule has 154 valence electrons. The summed E-state index contributed by atoms with van der Waals surface area (Å²) in [5, 5.41) is 11.8. The molecule has 3 aromatic rings. The fourth-order valence-electron chi connectivity index (χ4n) is 3.57. The lowest BCUT2D eigenvalue weighted by Gasteiger charge is -2.22. The first-order valence-electron chi connectivity index (χ1n) is 9.90. The first kappa shape index (κ1) is 20.2. The second kappa shape index (κ2) is 8.33. The van der Waals surface area contributed by atoms with Crippen LogP contribution in [0, 0.1) is 11.3 Å². The molecule has 6 nitrogen and oxygen atoms in total. The number of carbonyl (C=O) groups excluding carboxylic acids is 2. The topological polar surface area (TPSA) is 82.4 Å². The highest BCUT2D eigenvalue weighted by Crippen LogP contribution is 2.30. The number of urea groups is 1. The van der Waals surface area contributed by atoms with E-state index in [1.165, 1.54) is 4.90 Å². The SMILES string of the molecule is CC1(c2ccc(C#N)cc2)NC(=O)N(Cc2cccc(OCc3ccccc3)c2)C1=O. The summed E-state index contributed by atoms with van der Waals surface area (Å²) in [4.78, 5) is 26.9. The van der Waals surface area contributed by atoms with Crippen molar-refractivity contribution in [2.75, 3.05) is 0 Å². The minimum atomic E-state index is -1.17. The van der Waals surface area contributed by atoms with E-state index in [1.54, 1.807) is 31.2 Å². The Labute approximate surface area is 180 Å². The van der Waals surface area contributed by atoms with E-state index < -0.39 is 11.6 Å². The third kappa shape index (κ3) is 4.12. The molecule has 1 atom stereocenters. The number of nitriles is 1. The van der Waals surface area contributed by atoms with Crippen molar-refractivity contribution >= 4 is 11.9 Å². The van der Waals surface area contributed by atoms with E-state index in [4.69, 9.17) is 10.00 Å². The number of imide groups is 1.